The predicted molar refractivity (Wildman–Crippen MR) is 80.9 cm³/mol. The summed E-state index contributed by atoms with van der Waals surface area (Å²) in [5.41, 5.74) is 2.00. The van der Waals surface area contributed by atoms with Crippen molar-refractivity contribution in [2.45, 2.75) is 51.8 Å². The second kappa shape index (κ2) is 6.83. The lowest BCUT2D eigenvalue weighted by Crippen LogP contribution is -2.32. The summed E-state index contributed by atoms with van der Waals surface area (Å²) in [6.07, 6.45) is 2.18. The number of nitrogens with one attached hydrogen (secondary N) is 1. The van der Waals surface area contributed by atoms with E-state index in [2.05, 4.69) is 33.3 Å². The second-order valence-electron chi connectivity index (χ2n) is 5.07. The first-order valence-electron chi connectivity index (χ1n) is 7.13. The third kappa shape index (κ3) is 3.13. The Kier molecular flexibility index (Phi) is 5.35. The van der Waals surface area contributed by atoms with Gasteiger partial charge in [0.25, 0.3) is 0 Å². The molecule has 1 aliphatic rings. The second-order valence-corrected chi connectivity index (χ2v) is 5.87. The third-order valence-electron chi connectivity index (χ3n) is 3.85. The van der Waals surface area contributed by atoms with Gasteiger partial charge in [-0.3, -0.25) is 9.48 Å². The topological polar surface area (TPSA) is 56.2 Å². The zero-order chi connectivity index (χ0) is 14.7. The van der Waals surface area contributed by atoms with E-state index in [0.717, 1.165) is 41.8 Å². The standard InChI is InChI=1S/C14H22BrN3O2/c1-4-10-14(15)12(18(5-2)17-10)7-13(19)11-6-9(20-3)8-16-11/h9,11,16H,4-8H2,1-3H3. The van der Waals surface area contributed by atoms with E-state index < -0.39 is 0 Å². The van der Waals surface area contributed by atoms with Gasteiger partial charge in [-0.2, -0.15) is 5.10 Å². The van der Waals surface area contributed by atoms with Gasteiger partial charge in [0.2, 0.25) is 0 Å². The quantitative estimate of drug-likeness (QED) is 0.854. The number of Topliss-reactive ketones (excluding diaryl/α,β-unsaturated/α-hetero) is 1. The molecule has 1 saturated heterocycles. The molecule has 1 aliphatic heterocycles. The number of carbonyl (C=O) groups is 1. The molecule has 2 rings (SSSR count). The zero-order valence-electron chi connectivity index (χ0n) is 12.3. The van der Waals surface area contributed by atoms with Gasteiger partial charge < -0.3 is 10.1 Å². The van der Waals surface area contributed by atoms with Crippen LogP contribution in [-0.2, 0) is 28.9 Å². The molecular weight excluding hydrogens is 322 g/mol. The average molecular weight is 344 g/mol. The maximum Gasteiger partial charge on any atom is 0.155 e. The van der Waals surface area contributed by atoms with Gasteiger partial charge >= 0.3 is 0 Å². The van der Waals surface area contributed by atoms with Crippen molar-refractivity contribution in [3.05, 3.63) is 15.9 Å². The van der Waals surface area contributed by atoms with Crippen molar-refractivity contribution in [2.75, 3.05) is 13.7 Å². The minimum Gasteiger partial charge on any atom is -0.380 e. The molecule has 0 radical (unpaired) electrons. The Labute approximate surface area is 128 Å². The molecule has 0 bridgehead atoms. The molecule has 0 aliphatic carbocycles. The predicted octanol–water partition coefficient (Wildman–Crippen LogP) is 1.72. The van der Waals surface area contributed by atoms with Crippen molar-refractivity contribution in [1.29, 1.82) is 0 Å². The van der Waals surface area contributed by atoms with E-state index in [9.17, 15) is 4.79 Å². The van der Waals surface area contributed by atoms with Crippen LogP contribution in [0.5, 0.6) is 0 Å². The lowest BCUT2D eigenvalue weighted by atomic mass is 10.1. The van der Waals surface area contributed by atoms with Gasteiger partial charge in [-0.1, -0.05) is 6.92 Å². The zero-order valence-corrected chi connectivity index (χ0v) is 13.9. The first-order chi connectivity index (χ1) is 9.60. The number of carbonyl (C=O) groups excluding carboxylic acids is 1. The summed E-state index contributed by atoms with van der Waals surface area (Å²) in [6, 6.07) is -0.0999. The lowest BCUT2D eigenvalue weighted by molar-refractivity contribution is -0.120. The van der Waals surface area contributed by atoms with Gasteiger partial charge in [-0.25, -0.2) is 0 Å². The number of methoxy groups -OCH3 is 1. The number of halogens is 1. The van der Waals surface area contributed by atoms with Gasteiger partial charge in [-0.15, -0.1) is 0 Å². The molecule has 2 unspecified atom stereocenters. The van der Waals surface area contributed by atoms with Crippen molar-refractivity contribution in [3.8, 4) is 0 Å². The number of ether oxygens (including phenoxy) is 1. The molecule has 0 aromatic carbocycles. The molecule has 1 N–H and O–H groups in total. The van der Waals surface area contributed by atoms with Crippen LogP contribution >= 0.6 is 15.9 Å². The Morgan fingerprint density at radius 3 is 2.85 bits per heavy atom. The first-order valence-corrected chi connectivity index (χ1v) is 7.92. The highest BCUT2D eigenvalue weighted by atomic mass is 79.9. The van der Waals surface area contributed by atoms with Crippen molar-refractivity contribution >= 4 is 21.7 Å². The highest BCUT2D eigenvalue weighted by molar-refractivity contribution is 9.10. The van der Waals surface area contributed by atoms with Crippen LogP contribution in [0.2, 0.25) is 0 Å². The summed E-state index contributed by atoms with van der Waals surface area (Å²) in [7, 11) is 1.69. The van der Waals surface area contributed by atoms with Gasteiger partial charge in [0.15, 0.2) is 5.78 Å². The van der Waals surface area contributed by atoms with Crippen LogP contribution in [0.1, 0.15) is 31.7 Å². The molecule has 1 aromatic heterocycles. The number of hydrogen-bond acceptors (Lipinski definition) is 4. The lowest BCUT2D eigenvalue weighted by Gasteiger charge is -2.10. The summed E-state index contributed by atoms with van der Waals surface area (Å²) in [5.74, 6) is 0.211. The molecule has 2 heterocycles. The molecule has 6 heteroatoms. The number of aromatic nitrogens is 2. The summed E-state index contributed by atoms with van der Waals surface area (Å²) in [5, 5.41) is 7.77. The normalized spacial score (nSPS) is 22.4. The molecule has 5 nitrogen and oxygen atoms in total. The Hall–Kier alpha value is -0.720. The fraction of sp³-hybridized carbons (Fsp3) is 0.714. The van der Waals surface area contributed by atoms with E-state index in [-0.39, 0.29) is 17.9 Å². The SMILES string of the molecule is CCc1nn(CC)c(CC(=O)C2CC(OC)CN2)c1Br. The van der Waals surface area contributed by atoms with Gasteiger partial charge in [-0.05, 0) is 35.7 Å². The minimum atomic E-state index is -0.0999. The number of aryl methyl sites for hydroxylation is 2. The number of ketones is 1. The molecule has 1 fully saturated rings. The Morgan fingerprint density at radius 1 is 1.55 bits per heavy atom. The van der Waals surface area contributed by atoms with Crippen molar-refractivity contribution in [2.24, 2.45) is 0 Å². The minimum absolute atomic E-state index is 0.0999. The van der Waals surface area contributed by atoms with E-state index in [1.165, 1.54) is 0 Å². The highest BCUT2D eigenvalue weighted by Gasteiger charge is 2.30. The van der Waals surface area contributed by atoms with Gasteiger partial charge in [0.05, 0.1) is 34.4 Å². The van der Waals surface area contributed by atoms with Crippen LogP contribution in [0.15, 0.2) is 4.47 Å². The maximum absolute atomic E-state index is 12.4. The summed E-state index contributed by atoms with van der Waals surface area (Å²) in [6.45, 7) is 5.64. The van der Waals surface area contributed by atoms with E-state index in [1.54, 1.807) is 7.11 Å². The molecule has 112 valence electrons. The summed E-state index contributed by atoms with van der Waals surface area (Å²) in [4.78, 5) is 12.4. The number of hydrogen-bond donors (Lipinski definition) is 1. The number of nitrogens with zero attached hydrogens (tertiary/aromatic N) is 2. The van der Waals surface area contributed by atoms with Crippen molar-refractivity contribution in [1.82, 2.24) is 15.1 Å². The fourth-order valence-corrected chi connectivity index (χ4v) is 3.31. The van der Waals surface area contributed by atoms with Gasteiger partial charge in [0, 0.05) is 20.2 Å². The fourth-order valence-electron chi connectivity index (χ4n) is 2.60. The smallest absolute Gasteiger partial charge is 0.155 e. The Balaban J connectivity index is 2.10. The van der Waals surface area contributed by atoms with Crippen LogP contribution in [0.25, 0.3) is 0 Å². The average Bonchev–Trinajstić information content (AvgIpc) is 3.05. The summed E-state index contributed by atoms with van der Waals surface area (Å²) < 4.78 is 8.19. The summed E-state index contributed by atoms with van der Waals surface area (Å²) >= 11 is 3.59. The highest BCUT2D eigenvalue weighted by Crippen LogP contribution is 2.24. The van der Waals surface area contributed by atoms with Crippen LogP contribution in [0.4, 0.5) is 0 Å². The Bertz CT molecular complexity index is 487. The molecule has 0 saturated carbocycles. The van der Waals surface area contributed by atoms with Crippen LogP contribution < -0.4 is 5.32 Å². The van der Waals surface area contributed by atoms with Crippen LogP contribution in [-0.4, -0.2) is 41.4 Å². The first kappa shape index (κ1) is 15.7. The van der Waals surface area contributed by atoms with E-state index in [1.807, 2.05) is 11.6 Å². The monoisotopic (exact) mass is 343 g/mol. The van der Waals surface area contributed by atoms with E-state index >= 15 is 0 Å². The molecule has 0 amide bonds. The van der Waals surface area contributed by atoms with E-state index in [0.29, 0.717) is 6.42 Å². The number of rotatable bonds is 6. The van der Waals surface area contributed by atoms with E-state index in [4.69, 9.17) is 4.74 Å². The van der Waals surface area contributed by atoms with Crippen molar-refractivity contribution in [3.63, 3.8) is 0 Å². The molecule has 20 heavy (non-hydrogen) atoms. The Morgan fingerprint density at radius 2 is 2.30 bits per heavy atom. The molecule has 1 aromatic rings. The maximum atomic E-state index is 12.4. The molecule has 2 atom stereocenters. The van der Waals surface area contributed by atoms with Crippen molar-refractivity contribution < 1.29 is 9.53 Å². The van der Waals surface area contributed by atoms with Crippen LogP contribution in [0, 0.1) is 0 Å². The largest absolute Gasteiger partial charge is 0.380 e. The molecular formula is C14H22BrN3O2. The van der Waals surface area contributed by atoms with Crippen LogP contribution in [0.3, 0.4) is 0 Å². The molecule has 0 spiro atoms. The van der Waals surface area contributed by atoms with Gasteiger partial charge in [0.1, 0.15) is 0 Å². The third-order valence-corrected chi connectivity index (χ3v) is 4.76.